The molecule has 0 atom stereocenters. The maximum atomic E-state index is 9.97. The van der Waals surface area contributed by atoms with E-state index in [1.165, 1.54) is 6.08 Å². The van der Waals surface area contributed by atoms with Crippen molar-refractivity contribution in [2.24, 2.45) is 4.99 Å². The molecule has 0 unspecified atom stereocenters. The van der Waals surface area contributed by atoms with Crippen molar-refractivity contribution in [2.75, 3.05) is 26.4 Å². The number of nitrogens with zero attached hydrogens (tertiary/aromatic N) is 1. The van der Waals surface area contributed by atoms with Crippen molar-refractivity contribution in [3.05, 3.63) is 0 Å². The first-order valence-corrected chi connectivity index (χ1v) is 8.21. The third kappa shape index (κ3) is 6.20. The molecule has 0 aliphatic heterocycles. The zero-order valence-electron chi connectivity index (χ0n) is 9.62. The van der Waals surface area contributed by atoms with Crippen LogP contribution in [-0.4, -0.2) is 32.4 Å². The number of isocyanates is 1. The first-order valence-electron chi connectivity index (χ1n) is 5.20. The number of carbonyl (C=O) groups excluding carboxylic acids is 1. The fraction of sp³-hybridized carbons (Fsp3) is 0.889. The van der Waals surface area contributed by atoms with Crippen LogP contribution >= 0.6 is 0 Å². The van der Waals surface area contributed by atoms with Crippen LogP contribution in [0.2, 0.25) is 4.73 Å². The number of hydrogen-bond acceptors (Lipinski definition) is 5. The van der Waals surface area contributed by atoms with Crippen LogP contribution in [0.15, 0.2) is 4.99 Å². The molecule has 0 saturated heterocycles. The van der Waals surface area contributed by atoms with Crippen molar-refractivity contribution in [3.63, 3.8) is 0 Å². The minimum atomic E-state index is -3.14. The third-order valence-corrected chi connectivity index (χ3v) is 6.41. The molecule has 0 N–H and O–H groups in total. The Kier molecular flexibility index (Phi) is 9.20. The molecular formula is C9H19NO4Ti. The molecule has 0 bridgehead atoms. The fourth-order valence-corrected chi connectivity index (χ4v) is 4.97. The third-order valence-electron chi connectivity index (χ3n) is 1.69. The SMILES string of the molecule is CC[O][Ti]([CH2]CN=C=O)([O]CC)[O]CC. The summed E-state index contributed by atoms with van der Waals surface area (Å²) in [7, 11) is 0. The van der Waals surface area contributed by atoms with Crippen LogP contribution in [0.3, 0.4) is 0 Å². The van der Waals surface area contributed by atoms with Gasteiger partial charge in [-0.15, -0.1) is 0 Å². The van der Waals surface area contributed by atoms with Crippen molar-refractivity contribution in [2.45, 2.75) is 25.5 Å². The Labute approximate surface area is 95.6 Å². The van der Waals surface area contributed by atoms with E-state index >= 15 is 0 Å². The zero-order valence-corrected chi connectivity index (χ0v) is 11.2. The van der Waals surface area contributed by atoms with Crippen molar-refractivity contribution >= 4 is 6.08 Å². The Morgan fingerprint density at radius 1 is 1.07 bits per heavy atom. The summed E-state index contributed by atoms with van der Waals surface area (Å²) in [5.74, 6) is 0. The van der Waals surface area contributed by atoms with E-state index in [-0.39, 0.29) is 0 Å². The average Bonchev–Trinajstić information content (AvgIpc) is 2.19. The molecule has 0 aliphatic carbocycles. The summed E-state index contributed by atoms with van der Waals surface area (Å²) in [4.78, 5) is 13.5. The molecule has 0 aromatic heterocycles. The van der Waals surface area contributed by atoms with E-state index in [4.69, 9.17) is 9.96 Å². The summed E-state index contributed by atoms with van der Waals surface area (Å²) in [6.07, 6.45) is 1.50. The zero-order chi connectivity index (χ0) is 11.6. The van der Waals surface area contributed by atoms with Gasteiger partial charge in [-0.2, -0.15) is 0 Å². The van der Waals surface area contributed by atoms with Crippen LogP contribution in [0.5, 0.6) is 0 Å². The van der Waals surface area contributed by atoms with Gasteiger partial charge in [-0.25, -0.2) is 0 Å². The normalized spacial score (nSPS) is 11.1. The Morgan fingerprint density at radius 2 is 1.53 bits per heavy atom. The van der Waals surface area contributed by atoms with Crippen LogP contribution in [0.25, 0.3) is 0 Å². The van der Waals surface area contributed by atoms with Crippen LogP contribution in [-0.2, 0) is 32.5 Å². The van der Waals surface area contributed by atoms with Crippen molar-refractivity contribution < 1.29 is 32.5 Å². The van der Waals surface area contributed by atoms with Gasteiger partial charge < -0.3 is 0 Å². The average molecular weight is 253 g/mol. The van der Waals surface area contributed by atoms with Gasteiger partial charge in [0, 0.05) is 0 Å². The van der Waals surface area contributed by atoms with Gasteiger partial charge in [0.25, 0.3) is 0 Å². The summed E-state index contributed by atoms with van der Waals surface area (Å²) in [6, 6.07) is 0. The van der Waals surface area contributed by atoms with Crippen LogP contribution in [0.4, 0.5) is 0 Å². The molecule has 0 spiro atoms. The number of aliphatic imine (C=N–C) groups is 1. The Bertz CT molecular complexity index is 189. The minimum absolute atomic E-state index is 0.365. The molecule has 0 radical (unpaired) electrons. The standard InChI is InChI=1S/C3H4NO.3C2H5O.Ti/c1-2-4-3-5;3*1-2-3;/h1-2H2;3*2H2,1H3;/q;3*-1;+3. The van der Waals surface area contributed by atoms with Gasteiger partial charge in [0.15, 0.2) is 0 Å². The maximum absolute atomic E-state index is 9.97. The van der Waals surface area contributed by atoms with Crippen LogP contribution in [0, 0.1) is 0 Å². The van der Waals surface area contributed by atoms with Gasteiger partial charge in [-0.1, -0.05) is 0 Å². The van der Waals surface area contributed by atoms with E-state index in [1.807, 2.05) is 20.8 Å². The summed E-state index contributed by atoms with van der Waals surface area (Å²) in [5.41, 5.74) is 0. The molecular weight excluding hydrogens is 234 g/mol. The first-order chi connectivity index (χ1) is 7.24. The van der Waals surface area contributed by atoms with Crippen molar-refractivity contribution in [1.82, 2.24) is 0 Å². The summed E-state index contributed by atoms with van der Waals surface area (Å²) >= 11 is -3.14. The molecule has 0 aromatic rings. The van der Waals surface area contributed by atoms with E-state index in [2.05, 4.69) is 4.99 Å². The van der Waals surface area contributed by atoms with Gasteiger partial charge in [-0.3, -0.25) is 0 Å². The molecule has 0 saturated carbocycles. The summed E-state index contributed by atoms with van der Waals surface area (Å²) in [5, 5.41) is 0. The monoisotopic (exact) mass is 253 g/mol. The van der Waals surface area contributed by atoms with Gasteiger partial charge in [0.05, 0.1) is 0 Å². The topological polar surface area (TPSA) is 57.1 Å². The predicted molar refractivity (Wildman–Crippen MR) is 52.7 cm³/mol. The first kappa shape index (κ1) is 15.0. The Balaban J connectivity index is 4.36. The molecule has 0 aromatic carbocycles. The second kappa shape index (κ2) is 9.22. The van der Waals surface area contributed by atoms with Gasteiger partial charge in [0.1, 0.15) is 0 Å². The van der Waals surface area contributed by atoms with E-state index < -0.39 is 17.8 Å². The van der Waals surface area contributed by atoms with Crippen molar-refractivity contribution in [1.29, 1.82) is 0 Å². The Morgan fingerprint density at radius 3 is 1.87 bits per heavy atom. The molecule has 0 aliphatic rings. The quantitative estimate of drug-likeness (QED) is 0.357. The molecule has 88 valence electrons. The number of rotatable bonds is 9. The van der Waals surface area contributed by atoms with Gasteiger partial charge in [0.2, 0.25) is 0 Å². The van der Waals surface area contributed by atoms with E-state index in [0.29, 0.717) is 31.1 Å². The summed E-state index contributed by atoms with van der Waals surface area (Å²) in [6.45, 7) is 7.76. The Hall–Kier alpha value is -0.0257. The second-order valence-electron chi connectivity index (χ2n) is 2.71. The summed E-state index contributed by atoms with van der Waals surface area (Å²) < 4.78 is 17.4. The van der Waals surface area contributed by atoms with E-state index in [9.17, 15) is 4.79 Å². The second-order valence-corrected chi connectivity index (χ2v) is 6.97. The molecule has 0 amide bonds. The molecule has 6 heteroatoms. The van der Waals surface area contributed by atoms with Crippen LogP contribution < -0.4 is 0 Å². The molecule has 0 rings (SSSR count). The molecule has 5 nitrogen and oxygen atoms in total. The molecule has 0 fully saturated rings. The van der Waals surface area contributed by atoms with Crippen LogP contribution in [0.1, 0.15) is 20.8 Å². The van der Waals surface area contributed by atoms with E-state index in [1.54, 1.807) is 0 Å². The predicted octanol–water partition coefficient (Wildman–Crippen LogP) is 1.75. The van der Waals surface area contributed by atoms with Gasteiger partial charge >= 0.3 is 95.4 Å². The van der Waals surface area contributed by atoms with Gasteiger partial charge in [-0.05, 0) is 0 Å². The molecule has 0 heterocycles. The van der Waals surface area contributed by atoms with Crippen molar-refractivity contribution in [3.8, 4) is 0 Å². The fourth-order valence-electron chi connectivity index (χ4n) is 1.24. The van der Waals surface area contributed by atoms with E-state index in [0.717, 1.165) is 0 Å². The molecule has 15 heavy (non-hydrogen) atoms. The number of hydrogen-bond donors (Lipinski definition) is 0.